The highest BCUT2D eigenvalue weighted by Crippen LogP contribution is 2.42. The van der Waals surface area contributed by atoms with Crippen molar-refractivity contribution in [2.45, 2.75) is 31.8 Å². The van der Waals surface area contributed by atoms with E-state index in [1.54, 1.807) is 14.2 Å². The quantitative estimate of drug-likeness (QED) is 0.136. The van der Waals surface area contributed by atoms with E-state index in [-0.39, 0.29) is 12.1 Å². The highest BCUT2D eigenvalue weighted by molar-refractivity contribution is 6.32. The molecule has 0 aliphatic carbocycles. The van der Waals surface area contributed by atoms with E-state index in [0.29, 0.717) is 21.8 Å². The van der Waals surface area contributed by atoms with Crippen molar-refractivity contribution in [1.82, 2.24) is 34.6 Å². The number of methoxy groups -OCH3 is 2. The molecule has 8 rings (SSSR count). The number of nitrogens with one attached hydrogen (secondary N) is 2. The van der Waals surface area contributed by atoms with Crippen LogP contribution < -0.4 is 20.1 Å². The maximum Gasteiger partial charge on any atom is 0.214 e. The first-order valence-corrected chi connectivity index (χ1v) is 19.1. The van der Waals surface area contributed by atoms with Crippen molar-refractivity contribution in [3.63, 3.8) is 0 Å². The van der Waals surface area contributed by atoms with Crippen LogP contribution in [0.2, 0.25) is 10.0 Å². The van der Waals surface area contributed by atoms with E-state index >= 15 is 0 Å². The minimum atomic E-state index is 0.0317. The lowest BCUT2D eigenvalue weighted by Gasteiger charge is -2.40. The van der Waals surface area contributed by atoms with Crippen LogP contribution in [-0.2, 0) is 0 Å². The van der Waals surface area contributed by atoms with Gasteiger partial charge in [0.2, 0.25) is 11.8 Å². The molecule has 0 amide bonds. The molecule has 0 bridgehead atoms. The summed E-state index contributed by atoms with van der Waals surface area (Å²) in [5.74, 6) is 1.10. The lowest BCUT2D eigenvalue weighted by Crippen LogP contribution is -2.45. The fraction of sp³-hybridized carbons (Fsp3) is 0.400. The Kier molecular flexibility index (Phi) is 10.3. The number of ether oxygens (including phenoxy) is 2. The molecule has 2 unspecified atom stereocenters. The predicted molar refractivity (Wildman–Crippen MR) is 216 cm³/mol. The molecule has 13 heteroatoms. The first-order chi connectivity index (χ1) is 25.8. The number of likely N-dealkylation sites (tertiary alicyclic amines) is 1. The van der Waals surface area contributed by atoms with Gasteiger partial charge in [-0.05, 0) is 68.9 Å². The van der Waals surface area contributed by atoms with Crippen LogP contribution in [0, 0.1) is 0 Å². The Balaban J connectivity index is 1.19. The van der Waals surface area contributed by atoms with Crippen LogP contribution in [0.3, 0.4) is 0 Å². The molecule has 2 aliphatic rings. The molecule has 6 aromatic rings. The number of halogens is 2. The zero-order chi connectivity index (χ0) is 36.6. The molecule has 2 fully saturated rings. The van der Waals surface area contributed by atoms with Gasteiger partial charge in [0.05, 0.1) is 47.7 Å². The molecular weight excluding hydrogens is 709 g/mol. The molecule has 4 aromatic heterocycles. The van der Waals surface area contributed by atoms with Gasteiger partial charge < -0.3 is 25.0 Å². The van der Waals surface area contributed by atoms with E-state index in [9.17, 15) is 0 Å². The topological polar surface area (TPSA) is 104 Å². The van der Waals surface area contributed by atoms with E-state index in [1.807, 2.05) is 48.5 Å². The van der Waals surface area contributed by atoms with Gasteiger partial charge in [-0.3, -0.25) is 9.80 Å². The van der Waals surface area contributed by atoms with Crippen LogP contribution in [0.5, 0.6) is 11.8 Å². The molecule has 2 atom stereocenters. The Morgan fingerprint density at radius 1 is 0.736 bits per heavy atom. The number of aromatic nitrogens is 4. The van der Waals surface area contributed by atoms with Crippen LogP contribution >= 0.6 is 23.2 Å². The van der Waals surface area contributed by atoms with Crippen molar-refractivity contribution in [2.75, 3.05) is 84.3 Å². The van der Waals surface area contributed by atoms with Crippen molar-refractivity contribution in [2.24, 2.45) is 0 Å². The Hall–Kier alpha value is -4.26. The molecule has 0 spiro atoms. The van der Waals surface area contributed by atoms with Crippen LogP contribution in [-0.4, -0.2) is 114 Å². The Morgan fingerprint density at radius 2 is 1.43 bits per heavy atom. The fourth-order valence-electron chi connectivity index (χ4n) is 7.92. The normalized spacial score (nSPS) is 19.0. The Labute approximate surface area is 319 Å². The van der Waals surface area contributed by atoms with Crippen molar-refractivity contribution in [3.8, 4) is 11.8 Å². The summed E-state index contributed by atoms with van der Waals surface area (Å²) in [5, 5.41) is 11.0. The van der Waals surface area contributed by atoms with Crippen LogP contribution in [0.4, 0.5) is 11.4 Å². The second kappa shape index (κ2) is 15.2. The van der Waals surface area contributed by atoms with Crippen molar-refractivity contribution >= 4 is 78.4 Å². The first kappa shape index (κ1) is 35.8. The summed E-state index contributed by atoms with van der Waals surface area (Å²) in [6, 6.07) is 17.7. The summed E-state index contributed by atoms with van der Waals surface area (Å²) >= 11 is 13.0. The second-order valence-electron chi connectivity index (χ2n) is 14.1. The van der Waals surface area contributed by atoms with Gasteiger partial charge in [-0.2, -0.15) is 0 Å². The number of anilines is 2. The molecule has 11 nitrogen and oxygen atoms in total. The number of likely N-dealkylation sites (N-methyl/N-ethyl adjacent to an activating group) is 1. The van der Waals surface area contributed by atoms with Gasteiger partial charge in [-0.1, -0.05) is 30.1 Å². The lowest BCUT2D eigenvalue weighted by molar-refractivity contribution is 0.149. The van der Waals surface area contributed by atoms with Gasteiger partial charge in [-0.25, -0.2) is 19.9 Å². The van der Waals surface area contributed by atoms with Crippen molar-refractivity contribution in [3.05, 3.63) is 70.2 Å². The van der Waals surface area contributed by atoms with Gasteiger partial charge in [0.15, 0.2) is 0 Å². The zero-order valence-corrected chi connectivity index (χ0v) is 32.1. The minimum Gasteiger partial charge on any atom is -0.481 e. The number of nitrogens with zero attached hydrogens (tertiary/aromatic N) is 7. The number of fused-ring (bicyclic) bond motifs is 4. The maximum atomic E-state index is 6.58. The maximum absolute atomic E-state index is 6.58. The molecule has 2 aromatic carbocycles. The lowest BCUT2D eigenvalue weighted by atomic mass is 9.90. The molecule has 2 saturated heterocycles. The predicted octanol–water partition coefficient (Wildman–Crippen LogP) is 7.50. The van der Waals surface area contributed by atoms with Crippen LogP contribution in [0.25, 0.3) is 43.9 Å². The monoisotopic (exact) mass is 753 g/mol. The van der Waals surface area contributed by atoms with E-state index < -0.39 is 0 Å². The average Bonchev–Trinajstić information content (AvgIpc) is 3.17. The standard InChI is InChI=1S/C40H45Cl2N9O2/c1-5-51-14-12-26(44-37-28-9-7-24(41)20-31(28)45-30-10-11-34(52-3)47-39(30)37)22-33(51)29-23-35(53-4)48-40-36(43-13-15-50-18-16-49(2)17-19-50)27-8-6-25(42)21-32(27)46-38(29)40/h6-11,20-21,23,26,33H,5,12-19,22H2,1-4H3,(H,43,46)(H,44,45). The molecule has 0 radical (unpaired) electrons. The smallest absolute Gasteiger partial charge is 0.214 e. The van der Waals surface area contributed by atoms with Gasteiger partial charge in [-0.15, -0.1) is 0 Å². The van der Waals surface area contributed by atoms with Gasteiger partial charge in [0.1, 0.15) is 11.0 Å². The van der Waals surface area contributed by atoms with E-state index in [2.05, 4.69) is 45.4 Å². The summed E-state index contributed by atoms with van der Waals surface area (Å²) in [4.78, 5) is 27.5. The van der Waals surface area contributed by atoms with Crippen LogP contribution in [0.15, 0.2) is 54.6 Å². The number of hydrogen-bond donors (Lipinski definition) is 2. The molecule has 53 heavy (non-hydrogen) atoms. The number of hydrogen-bond acceptors (Lipinski definition) is 11. The number of piperidine rings is 1. The Bertz CT molecular complexity index is 2300. The van der Waals surface area contributed by atoms with Gasteiger partial charge >= 0.3 is 0 Å². The third-order valence-electron chi connectivity index (χ3n) is 10.8. The molecule has 0 saturated carbocycles. The van der Waals surface area contributed by atoms with Gasteiger partial charge in [0.25, 0.3) is 0 Å². The highest BCUT2D eigenvalue weighted by Gasteiger charge is 2.32. The van der Waals surface area contributed by atoms with E-state index in [0.717, 1.165) is 126 Å². The summed E-state index contributed by atoms with van der Waals surface area (Å²) in [5.41, 5.74) is 7.82. The van der Waals surface area contributed by atoms with Crippen molar-refractivity contribution in [1.29, 1.82) is 0 Å². The fourth-order valence-corrected chi connectivity index (χ4v) is 8.25. The zero-order valence-electron chi connectivity index (χ0n) is 30.6. The van der Waals surface area contributed by atoms with E-state index in [1.165, 1.54) is 0 Å². The third-order valence-corrected chi connectivity index (χ3v) is 11.3. The Morgan fingerprint density at radius 3 is 2.15 bits per heavy atom. The molecule has 6 heterocycles. The molecule has 2 aliphatic heterocycles. The highest BCUT2D eigenvalue weighted by atomic mass is 35.5. The second-order valence-corrected chi connectivity index (χ2v) is 14.9. The molecule has 2 N–H and O–H groups in total. The molecular formula is C40H45Cl2N9O2. The third kappa shape index (κ3) is 7.20. The molecule has 276 valence electrons. The SMILES string of the molecule is CCN1CCC(Nc2c3ccc(Cl)cc3nc3ccc(OC)nc23)CC1c1cc(OC)nc2c(NCCN3CCN(C)CC3)c3ccc(Cl)cc3nc12. The number of benzene rings is 2. The average molecular weight is 755 g/mol. The van der Waals surface area contributed by atoms with Crippen LogP contribution in [0.1, 0.15) is 31.4 Å². The van der Waals surface area contributed by atoms with Crippen molar-refractivity contribution < 1.29 is 9.47 Å². The summed E-state index contributed by atoms with van der Waals surface area (Å²) in [6.07, 6.45) is 1.76. The summed E-state index contributed by atoms with van der Waals surface area (Å²) in [7, 11) is 5.50. The summed E-state index contributed by atoms with van der Waals surface area (Å²) < 4.78 is 11.4. The summed E-state index contributed by atoms with van der Waals surface area (Å²) in [6.45, 7) is 10.0. The number of pyridine rings is 4. The number of piperazine rings is 1. The van der Waals surface area contributed by atoms with E-state index in [4.69, 9.17) is 52.6 Å². The first-order valence-electron chi connectivity index (χ1n) is 18.4. The minimum absolute atomic E-state index is 0.0317. The number of rotatable bonds is 10. The van der Waals surface area contributed by atoms with Gasteiger partial charge in [0, 0.05) is 96.4 Å². The largest absolute Gasteiger partial charge is 0.481 e.